The molecule has 1 heterocycles. The quantitative estimate of drug-likeness (QED) is 0.779. The van der Waals surface area contributed by atoms with Gasteiger partial charge in [0.25, 0.3) is 0 Å². The third kappa shape index (κ3) is 3.23. The van der Waals surface area contributed by atoms with Crippen LogP contribution >= 0.6 is 11.6 Å². The first-order chi connectivity index (χ1) is 10.2. The molecular formula is C16H13ClFN3. The zero-order chi connectivity index (χ0) is 14.7. The summed E-state index contributed by atoms with van der Waals surface area (Å²) in [6, 6.07) is 14.2. The molecule has 0 unspecified atom stereocenters. The van der Waals surface area contributed by atoms with Crippen LogP contribution in [-0.4, -0.2) is 9.78 Å². The molecule has 0 aliphatic heterocycles. The van der Waals surface area contributed by atoms with Crippen LogP contribution in [0.3, 0.4) is 0 Å². The highest BCUT2D eigenvalue weighted by Crippen LogP contribution is 2.21. The van der Waals surface area contributed by atoms with Gasteiger partial charge in [0.2, 0.25) is 0 Å². The highest BCUT2D eigenvalue weighted by atomic mass is 35.5. The number of para-hydroxylation sites is 2. The van der Waals surface area contributed by atoms with E-state index in [4.69, 9.17) is 11.6 Å². The second-order valence-corrected chi connectivity index (χ2v) is 5.04. The SMILES string of the molecule is Fc1cc(Cl)cc(CNc2ccccc2-n2cccn2)c1. The Kier molecular flexibility index (Phi) is 3.88. The molecule has 0 saturated heterocycles. The fourth-order valence-electron chi connectivity index (χ4n) is 2.14. The summed E-state index contributed by atoms with van der Waals surface area (Å²) in [5.74, 6) is -0.334. The molecule has 0 fully saturated rings. The maximum Gasteiger partial charge on any atom is 0.125 e. The van der Waals surface area contributed by atoms with Gasteiger partial charge in [-0.3, -0.25) is 0 Å². The summed E-state index contributed by atoms with van der Waals surface area (Å²) in [5, 5.41) is 7.91. The van der Waals surface area contributed by atoms with Crippen molar-refractivity contribution >= 4 is 17.3 Å². The van der Waals surface area contributed by atoms with E-state index in [1.165, 1.54) is 12.1 Å². The molecule has 0 amide bonds. The lowest BCUT2D eigenvalue weighted by Gasteiger charge is -2.12. The Labute approximate surface area is 127 Å². The van der Waals surface area contributed by atoms with Gasteiger partial charge in [-0.1, -0.05) is 23.7 Å². The number of hydrogen-bond acceptors (Lipinski definition) is 2. The Morgan fingerprint density at radius 2 is 2.00 bits per heavy atom. The van der Waals surface area contributed by atoms with Gasteiger partial charge in [-0.25, -0.2) is 9.07 Å². The molecule has 0 spiro atoms. The van der Waals surface area contributed by atoms with Crippen molar-refractivity contribution in [2.75, 3.05) is 5.32 Å². The van der Waals surface area contributed by atoms with Gasteiger partial charge in [0.05, 0.1) is 11.4 Å². The van der Waals surface area contributed by atoms with Crippen LogP contribution in [0.1, 0.15) is 5.56 Å². The number of halogens is 2. The second kappa shape index (κ2) is 5.97. The normalized spacial score (nSPS) is 10.6. The monoisotopic (exact) mass is 301 g/mol. The predicted octanol–water partition coefficient (Wildman–Crippen LogP) is 4.28. The van der Waals surface area contributed by atoms with Crippen LogP contribution in [-0.2, 0) is 6.54 Å². The third-order valence-electron chi connectivity index (χ3n) is 3.06. The molecule has 0 saturated carbocycles. The number of nitrogens with zero attached hydrogens (tertiary/aromatic N) is 2. The van der Waals surface area contributed by atoms with E-state index in [-0.39, 0.29) is 5.82 Å². The van der Waals surface area contributed by atoms with Crippen molar-refractivity contribution < 1.29 is 4.39 Å². The van der Waals surface area contributed by atoms with Crippen molar-refractivity contribution in [1.82, 2.24) is 9.78 Å². The standard InChI is InChI=1S/C16H13ClFN3/c17-13-8-12(9-14(18)10-13)11-19-15-4-1-2-5-16(15)21-7-3-6-20-21/h1-10,19H,11H2. The first-order valence-electron chi connectivity index (χ1n) is 6.50. The highest BCUT2D eigenvalue weighted by molar-refractivity contribution is 6.30. The average Bonchev–Trinajstić information content (AvgIpc) is 2.98. The highest BCUT2D eigenvalue weighted by Gasteiger charge is 2.05. The number of anilines is 1. The van der Waals surface area contributed by atoms with Gasteiger partial charge in [0.1, 0.15) is 5.82 Å². The van der Waals surface area contributed by atoms with Crippen LogP contribution in [0.2, 0.25) is 5.02 Å². The lowest BCUT2D eigenvalue weighted by atomic mass is 10.2. The molecule has 1 aromatic heterocycles. The molecule has 2 aromatic carbocycles. The summed E-state index contributed by atoms with van der Waals surface area (Å²) in [6.07, 6.45) is 3.60. The van der Waals surface area contributed by atoms with Gasteiger partial charge in [0, 0.05) is 24.0 Å². The zero-order valence-electron chi connectivity index (χ0n) is 11.1. The van der Waals surface area contributed by atoms with Gasteiger partial charge in [-0.05, 0) is 42.0 Å². The zero-order valence-corrected chi connectivity index (χ0v) is 11.9. The van der Waals surface area contributed by atoms with Crippen LogP contribution in [0.15, 0.2) is 60.9 Å². The number of benzene rings is 2. The Balaban J connectivity index is 1.82. The van der Waals surface area contributed by atoms with E-state index in [9.17, 15) is 4.39 Å². The van der Waals surface area contributed by atoms with Crippen LogP contribution < -0.4 is 5.32 Å². The molecule has 0 aliphatic carbocycles. The molecule has 1 N–H and O–H groups in total. The van der Waals surface area contributed by atoms with Crippen molar-refractivity contribution in [2.45, 2.75) is 6.54 Å². The van der Waals surface area contributed by atoms with E-state index in [2.05, 4.69) is 10.4 Å². The topological polar surface area (TPSA) is 29.9 Å². The largest absolute Gasteiger partial charge is 0.379 e. The molecule has 5 heteroatoms. The van der Waals surface area contributed by atoms with Gasteiger partial charge in [-0.15, -0.1) is 0 Å². The lowest BCUT2D eigenvalue weighted by Crippen LogP contribution is -2.05. The summed E-state index contributed by atoms with van der Waals surface area (Å²) in [7, 11) is 0. The maximum atomic E-state index is 13.3. The third-order valence-corrected chi connectivity index (χ3v) is 3.28. The van der Waals surface area contributed by atoms with E-state index in [1.54, 1.807) is 16.9 Å². The summed E-state index contributed by atoms with van der Waals surface area (Å²) < 4.78 is 15.1. The molecule has 106 valence electrons. The number of hydrogen-bond donors (Lipinski definition) is 1. The van der Waals surface area contributed by atoms with Crippen molar-refractivity contribution in [1.29, 1.82) is 0 Å². The number of rotatable bonds is 4. The molecular weight excluding hydrogens is 289 g/mol. The fraction of sp³-hybridized carbons (Fsp3) is 0.0625. The van der Waals surface area contributed by atoms with E-state index in [0.717, 1.165) is 16.9 Å². The van der Waals surface area contributed by atoms with Gasteiger partial charge in [0.15, 0.2) is 0 Å². The number of nitrogens with one attached hydrogen (secondary N) is 1. The summed E-state index contributed by atoms with van der Waals surface area (Å²) in [4.78, 5) is 0. The lowest BCUT2D eigenvalue weighted by molar-refractivity contribution is 0.626. The first kappa shape index (κ1) is 13.6. The molecule has 0 radical (unpaired) electrons. The first-order valence-corrected chi connectivity index (χ1v) is 6.88. The Hall–Kier alpha value is -2.33. The van der Waals surface area contributed by atoms with Crippen molar-refractivity contribution in [3.05, 3.63) is 77.3 Å². The smallest absolute Gasteiger partial charge is 0.125 e. The van der Waals surface area contributed by atoms with Gasteiger partial charge >= 0.3 is 0 Å². The summed E-state index contributed by atoms with van der Waals surface area (Å²) >= 11 is 5.86. The van der Waals surface area contributed by atoms with E-state index in [1.807, 2.05) is 36.5 Å². The second-order valence-electron chi connectivity index (χ2n) is 4.60. The molecule has 0 atom stereocenters. The Morgan fingerprint density at radius 3 is 2.76 bits per heavy atom. The maximum absolute atomic E-state index is 13.3. The molecule has 3 rings (SSSR count). The molecule has 3 nitrogen and oxygen atoms in total. The minimum absolute atomic E-state index is 0.334. The summed E-state index contributed by atoms with van der Waals surface area (Å²) in [6.45, 7) is 0.482. The predicted molar refractivity (Wildman–Crippen MR) is 82.3 cm³/mol. The van der Waals surface area contributed by atoms with E-state index in [0.29, 0.717) is 11.6 Å². The Morgan fingerprint density at radius 1 is 1.14 bits per heavy atom. The summed E-state index contributed by atoms with van der Waals surface area (Å²) in [5.41, 5.74) is 2.64. The van der Waals surface area contributed by atoms with Gasteiger partial charge < -0.3 is 5.32 Å². The molecule has 21 heavy (non-hydrogen) atoms. The minimum atomic E-state index is -0.334. The fourth-order valence-corrected chi connectivity index (χ4v) is 2.39. The van der Waals surface area contributed by atoms with Crippen molar-refractivity contribution in [3.63, 3.8) is 0 Å². The van der Waals surface area contributed by atoms with Crippen LogP contribution in [0.25, 0.3) is 5.69 Å². The molecule has 3 aromatic rings. The molecule has 0 bridgehead atoms. The van der Waals surface area contributed by atoms with Gasteiger partial charge in [-0.2, -0.15) is 5.10 Å². The van der Waals surface area contributed by atoms with E-state index >= 15 is 0 Å². The van der Waals surface area contributed by atoms with Crippen molar-refractivity contribution in [2.24, 2.45) is 0 Å². The Bertz CT molecular complexity index is 721. The average molecular weight is 302 g/mol. The van der Waals surface area contributed by atoms with Crippen LogP contribution in [0.4, 0.5) is 10.1 Å². The van der Waals surface area contributed by atoms with Crippen LogP contribution in [0, 0.1) is 5.82 Å². The number of aromatic nitrogens is 2. The van der Waals surface area contributed by atoms with E-state index < -0.39 is 0 Å². The molecule has 0 aliphatic rings. The van der Waals surface area contributed by atoms with Crippen molar-refractivity contribution in [3.8, 4) is 5.69 Å². The minimum Gasteiger partial charge on any atom is -0.379 e. The van der Waals surface area contributed by atoms with Crippen LogP contribution in [0.5, 0.6) is 0 Å².